The lowest BCUT2D eigenvalue weighted by Crippen LogP contribution is -2.40. The molecule has 0 unspecified atom stereocenters. The van der Waals surface area contributed by atoms with E-state index in [1.54, 1.807) is 6.07 Å². The third-order valence-electron chi connectivity index (χ3n) is 6.91. The number of methoxy groups -OCH3 is 3. The summed E-state index contributed by atoms with van der Waals surface area (Å²) in [5.41, 5.74) is 2.90. The molecule has 11 heteroatoms. The van der Waals surface area contributed by atoms with Crippen LogP contribution in [0.15, 0.2) is 28.9 Å². The molecule has 0 saturated carbocycles. The Morgan fingerprint density at radius 1 is 1.24 bits per heavy atom. The molecule has 1 heterocycles. The highest BCUT2D eigenvalue weighted by Crippen LogP contribution is 2.46. The number of phenols is 1. The number of carbonyl (C=O) groups is 3. The maximum atomic E-state index is 13.0. The summed E-state index contributed by atoms with van der Waals surface area (Å²) >= 11 is 2.02. The summed E-state index contributed by atoms with van der Waals surface area (Å²) < 4.78 is 15.8. The molecular formula is C26H32INO9. The van der Waals surface area contributed by atoms with Crippen molar-refractivity contribution in [1.82, 2.24) is 4.90 Å². The van der Waals surface area contributed by atoms with Gasteiger partial charge in [-0.1, -0.05) is 11.6 Å². The Kier molecular flexibility index (Phi) is 9.73. The lowest BCUT2D eigenvalue weighted by Gasteiger charge is -2.36. The van der Waals surface area contributed by atoms with Crippen LogP contribution >= 0.6 is 22.6 Å². The molecule has 3 amide bonds. The Labute approximate surface area is 229 Å². The number of hydrogen-bond donors (Lipinski definition) is 3. The summed E-state index contributed by atoms with van der Waals surface area (Å²) in [6.07, 6.45) is 0.801. The Bertz CT molecular complexity index is 1130. The fourth-order valence-corrected chi connectivity index (χ4v) is 5.87. The van der Waals surface area contributed by atoms with Crippen LogP contribution in [-0.4, -0.2) is 78.8 Å². The molecule has 1 aliphatic heterocycles. The van der Waals surface area contributed by atoms with E-state index in [-0.39, 0.29) is 18.8 Å². The number of ether oxygens (including phenoxy) is 3. The highest BCUT2D eigenvalue weighted by molar-refractivity contribution is 14.1. The topological polar surface area (TPSA) is 143 Å². The second-order valence-electron chi connectivity index (χ2n) is 9.20. The minimum atomic E-state index is -1.06. The van der Waals surface area contributed by atoms with E-state index in [2.05, 4.69) is 4.74 Å². The summed E-state index contributed by atoms with van der Waals surface area (Å²) in [5.74, 6) is -3.60. The van der Waals surface area contributed by atoms with Crippen LogP contribution in [0.3, 0.4) is 0 Å². The summed E-state index contributed by atoms with van der Waals surface area (Å²) in [6.45, 7) is 1.55. The van der Waals surface area contributed by atoms with Gasteiger partial charge in [0.15, 0.2) is 11.5 Å². The zero-order valence-corrected chi connectivity index (χ0v) is 23.4. The molecule has 1 aliphatic carbocycles. The molecule has 1 fully saturated rings. The zero-order valence-electron chi connectivity index (χ0n) is 21.2. The molecule has 37 heavy (non-hydrogen) atoms. The standard InChI is InChI=1S/C26H32INO9/c1-13(7-14-8-18(27)23(31)20(9-14)36-3)5-6-19(30)21-15(12-35-2)10-16-22(17(21)11-29)25(33)28(24(16)32)26(34)37-4/h7-9,16-17,19,22,29-31H,5-6,10-12H2,1-4H3/b13-7+/t16-,17+,19-,22-/m1/s1. The molecule has 0 radical (unpaired) electrons. The van der Waals surface area contributed by atoms with Crippen molar-refractivity contribution in [2.45, 2.75) is 32.3 Å². The lowest BCUT2D eigenvalue weighted by molar-refractivity contribution is -0.137. The van der Waals surface area contributed by atoms with Crippen molar-refractivity contribution >= 4 is 46.6 Å². The Morgan fingerprint density at radius 3 is 2.54 bits per heavy atom. The number of halogens is 1. The van der Waals surface area contributed by atoms with Crippen LogP contribution in [0.5, 0.6) is 11.5 Å². The Morgan fingerprint density at radius 2 is 1.95 bits per heavy atom. The average molecular weight is 629 g/mol. The van der Waals surface area contributed by atoms with Crippen molar-refractivity contribution in [2.75, 3.05) is 34.5 Å². The number of likely N-dealkylation sites (tertiary alicyclic amines) is 1. The maximum absolute atomic E-state index is 13.0. The molecule has 4 atom stereocenters. The van der Waals surface area contributed by atoms with Crippen LogP contribution in [0.1, 0.15) is 31.7 Å². The fraction of sp³-hybridized carbons (Fsp3) is 0.500. The van der Waals surface area contributed by atoms with E-state index in [0.29, 0.717) is 38.2 Å². The molecular weight excluding hydrogens is 597 g/mol. The number of nitrogens with zero attached hydrogens (tertiary/aromatic N) is 1. The third-order valence-corrected chi connectivity index (χ3v) is 7.73. The quantitative estimate of drug-likeness (QED) is 0.214. The molecule has 0 spiro atoms. The number of aliphatic hydroxyl groups is 2. The van der Waals surface area contributed by atoms with Crippen LogP contribution in [0.4, 0.5) is 4.79 Å². The fourth-order valence-electron chi connectivity index (χ4n) is 5.25. The van der Waals surface area contributed by atoms with E-state index in [1.807, 2.05) is 41.7 Å². The van der Waals surface area contributed by atoms with Gasteiger partial charge >= 0.3 is 6.09 Å². The van der Waals surface area contributed by atoms with Crippen LogP contribution in [0.2, 0.25) is 0 Å². The molecule has 1 saturated heterocycles. The molecule has 3 rings (SSSR count). The summed E-state index contributed by atoms with van der Waals surface area (Å²) in [5, 5.41) is 31.6. The number of fused-ring (bicyclic) bond motifs is 1. The summed E-state index contributed by atoms with van der Waals surface area (Å²) in [4.78, 5) is 38.5. The first-order valence-corrected chi connectivity index (χ1v) is 12.9. The number of phenolic OH excluding ortho intramolecular Hbond substituents is 1. The van der Waals surface area contributed by atoms with E-state index in [1.165, 1.54) is 14.2 Å². The molecule has 1 aromatic carbocycles. The molecule has 0 bridgehead atoms. The van der Waals surface area contributed by atoms with Crippen molar-refractivity contribution in [2.24, 2.45) is 17.8 Å². The summed E-state index contributed by atoms with van der Waals surface area (Å²) in [7, 11) is 4.05. The minimum Gasteiger partial charge on any atom is -0.504 e. The third kappa shape index (κ3) is 5.84. The van der Waals surface area contributed by atoms with Gasteiger partial charge in [0.05, 0.1) is 48.9 Å². The number of rotatable bonds is 9. The number of aliphatic hydroxyl groups excluding tert-OH is 2. The molecule has 3 N–H and O–H groups in total. The van der Waals surface area contributed by atoms with E-state index < -0.39 is 48.4 Å². The van der Waals surface area contributed by atoms with Crippen LogP contribution in [0.25, 0.3) is 6.08 Å². The zero-order chi connectivity index (χ0) is 27.4. The van der Waals surface area contributed by atoms with Gasteiger partial charge in [-0.2, -0.15) is 4.90 Å². The number of amides is 3. The first-order chi connectivity index (χ1) is 17.6. The molecule has 1 aromatic rings. The van der Waals surface area contributed by atoms with Crippen molar-refractivity contribution in [1.29, 1.82) is 0 Å². The summed E-state index contributed by atoms with van der Waals surface area (Å²) in [6, 6.07) is 3.53. The first kappa shape index (κ1) is 29.1. The predicted molar refractivity (Wildman–Crippen MR) is 142 cm³/mol. The van der Waals surface area contributed by atoms with Gasteiger partial charge in [0.2, 0.25) is 11.8 Å². The van der Waals surface area contributed by atoms with Gasteiger partial charge in [-0.15, -0.1) is 0 Å². The van der Waals surface area contributed by atoms with Gasteiger partial charge < -0.3 is 29.5 Å². The minimum absolute atomic E-state index is 0.0716. The number of imide groups is 3. The van der Waals surface area contributed by atoms with Crippen molar-refractivity contribution in [3.05, 3.63) is 38.0 Å². The average Bonchev–Trinajstić information content (AvgIpc) is 3.12. The number of aromatic hydroxyl groups is 1. The van der Waals surface area contributed by atoms with E-state index in [9.17, 15) is 29.7 Å². The molecule has 202 valence electrons. The number of carbonyl (C=O) groups excluding carboxylic acids is 3. The van der Waals surface area contributed by atoms with Gasteiger partial charge in [-0.05, 0) is 77.6 Å². The van der Waals surface area contributed by atoms with E-state index in [0.717, 1.165) is 18.2 Å². The predicted octanol–water partition coefficient (Wildman–Crippen LogP) is 2.87. The second-order valence-corrected chi connectivity index (χ2v) is 10.4. The first-order valence-electron chi connectivity index (χ1n) is 11.8. The van der Waals surface area contributed by atoms with Crippen molar-refractivity contribution in [3.8, 4) is 11.5 Å². The largest absolute Gasteiger partial charge is 0.504 e. The smallest absolute Gasteiger partial charge is 0.423 e. The van der Waals surface area contributed by atoms with E-state index in [4.69, 9.17) is 9.47 Å². The SMILES string of the molecule is COCC1=C([C@H](O)CC/C(C)=C/c2cc(I)c(O)c(OC)c2)[C@H](CO)[C@@H]2C(=O)N(C(=O)OC)C(=O)[C@@H]2C1. The van der Waals surface area contributed by atoms with Crippen LogP contribution in [0, 0.1) is 21.3 Å². The number of hydrogen-bond acceptors (Lipinski definition) is 9. The Balaban J connectivity index is 1.85. The van der Waals surface area contributed by atoms with Crippen LogP contribution in [-0.2, 0) is 19.1 Å². The van der Waals surface area contributed by atoms with E-state index >= 15 is 0 Å². The molecule has 0 aromatic heterocycles. The highest BCUT2D eigenvalue weighted by Gasteiger charge is 2.57. The van der Waals surface area contributed by atoms with Gasteiger partial charge in [0.25, 0.3) is 0 Å². The number of benzene rings is 1. The Hall–Kier alpha value is -2.48. The van der Waals surface area contributed by atoms with Crippen LogP contribution < -0.4 is 4.74 Å². The monoisotopic (exact) mass is 629 g/mol. The maximum Gasteiger partial charge on any atom is 0.423 e. The van der Waals surface area contributed by atoms with Gasteiger partial charge in [0, 0.05) is 13.0 Å². The van der Waals surface area contributed by atoms with Gasteiger partial charge in [-0.3, -0.25) is 9.59 Å². The lowest BCUT2D eigenvalue weighted by atomic mass is 9.68. The normalized spacial score (nSPS) is 22.8. The molecule has 10 nitrogen and oxygen atoms in total. The van der Waals surface area contributed by atoms with Crippen molar-refractivity contribution < 1.29 is 43.9 Å². The van der Waals surface area contributed by atoms with Crippen molar-refractivity contribution in [3.63, 3.8) is 0 Å². The highest BCUT2D eigenvalue weighted by atomic mass is 127. The van der Waals surface area contributed by atoms with Gasteiger partial charge in [0.1, 0.15) is 0 Å². The number of allylic oxidation sites excluding steroid dienone is 1. The second kappa shape index (κ2) is 12.4. The van der Waals surface area contributed by atoms with Gasteiger partial charge in [-0.25, -0.2) is 4.79 Å². The molecule has 2 aliphatic rings.